The van der Waals surface area contributed by atoms with Crippen LogP contribution < -0.4 is 0 Å². The van der Waals surface area contributed by atoms with E-state index in [1.807, 2.05) is 0 Å². The van der Waals surface area contributed by atoms with Crippen molar-refractivity contribution in [3.05, 3.63) is 0 Å². The second-order valence-corrected chi connectivity index (χ2v) is 14.5. The Kier molecular flexibility index (Phi) is 9.45. The van der Waals surface area contributed by atoms with Gasteiger partial charge in [0.1, 0.15) is 5.75 Å². The van der Waals surface area contributed by atoms with Crippen molar-refractivity contribution < 1.29 is 43.3 Å². The highest BCUT2D eigenvalue weighted by Crippen LogP contribution is 2.68. The Bertz CT molecular complexity index is 908. The average molecular weight is 549 g/mol. The van der Waals surface area contributed by atoms with E-state index >= 15 is 0 Å². The van der Waals surface area contributed by atoms with E-state index in [-0.39, 0.29) is 41.3 Å². The first-order chi connectivity index (χ1) is 17.0. The van der Waals surface area contributed by atoms with Crippen molar-refractivity contribution in [1.29, 1.82) is 0 Å². The van der Waals surface area contributed by atoms with Crippen LogP contribution in [0.5, 0.6) is 0 Å². The molecule has 6 N–H and O–H groups in total. The van der Waals surface area contributed by atoms with Crippen LogP contribution in [0.15, 0.2) is 0 Å². The smallest absolute Gasteiger partial charge is 0.303 e. The molecule has 4 rings (SSSR count). The molecule has 4 aliphatic rings. The maximum Gasteiger partial charge on any atom is 0.303 e. The van der Waals surface area contributed by atoms with Crippen LogP contribution in [0.4, 0.5) is 0 Å². The minimum Gasteiger partial charge on any atom is -0.481 e. The van der Waals surface area contributed by atoms with Crippen molar-refractivity contribution in [2.45, 2.75) is 110 Å². The highest BCUT2D eigenvalue weighted by molar-refractivity contribution is 7.85. The molecule has 4 fully saturated rings. The van der Waals surface area contributed by atoms with Gasteiger partial charge in [0.2, 0.25) is 0 Å². The van der Waals surface area contributed by atoms with Crippen molar-refractivity contribution in [2.75, 3.05) is 5.75 Å². The van der Waals surface area contributed by atoms with Gasteiger partial charge in [0.25, 0.3) is 10.1 Å². The zero-order valence-corrected chi connectivity index (χ0v) is 23.5. The number of fused-ring (bicyclic) bond motifs is 5. The number of hydrogen-bond donors (Lipinski definition) is 6. The van der Waals surface area contributed by atoms with Crippen LogP contribution in [0, 0.1) is 46.3 Å². The molecule has 0 spiro atoms. The molecule has 9 nitrogen and oxygen atoms in total. The predicted molar refractivity (Wildman–Crippen MR) is 138 cm³/mol. The largest absolute Gasteiger partial charge is 0.481 e. The van der Waals surface area contributed by atoms with Gasteiger partial charge in [-0.3, -0.25) is 9.35 Å². The number of aliphatic hydroxyl groups is 4. The van der Waals surface area contributed by atoms with Crippen molar-refractivity contribution in [3.8, 4) is 0 Å². The summed E-state index contributed by atoms with van der Waals surface area (Å²) in [6, 6.07) is 0. The Morgan fingerprint density at radius 3 is 2.19 bits per heavy atom. The molecule has 4 unspecified atom stereocenters. The van der Waals surface area contributed by atoms with E-state index in [9.17, 15) is 28.5 Å². The molecular formula is C27H48O9S. The van der Waals surface area contributed by atoms with E-state index in [1.54, 1.807) is 0 Å². The number of carboxylic acids is 1. The van der Waals surface area contributed by atoms with Gasteiger partial charge < -0.3 is 25.5 Å². The molecule has 0 aromatic carbocycles. The molecule has 37 heavy (non-hydrogen) atoms. The summed E-state index contributed by atoms with van der Waals surface area (Å²) in [5.74, 6) is 0.407. The summed E-state index contributed by atoms with van der Waals surface area (Å²) in [5.41, 5.74) is -0.143. The van der Waals surface area contributed by atoms with Gasteiger partial charge in [-0.2, -0.15) is 8.42 Å². The second-order valence-electron chi connectivity index (χ2n) is 13.0. The Hall–Kier alpha value is -0.780. The fourth-order valence-corrected chi connectivity index (χ4v) is 9.60. The van der Waals surface area contributed by atoms with Gasteiger partial charge in [-0.1, -0.05) is 20.8 Å². The van der Waals surface area contributed by atoms with E-state index in [0.717, 1.165) is 44.9 Å². The highest BCUT2D eigenvalue weighted by atomic mass is 32.2. The summed E-state index contributed by atoms with van der Waals surface area (Å²) in [5, 5.41) is 50.4. The fraction of sp³-hybridized carbons (Fsp3) is 0.963. The van der Waals surface area contributed by atoms with Crippen LogP contribution in [-0.4, -0.2) is 74.6 Å². The third kappa shape index (κ3) is 6.35. The lowest BCUT2D eigenvalue weighted by Crippen LogP contribution is -2.62. The molecule has 4 aliphatic carbocycles. The van der Waals surface area contributed by atoms with Crippen LogP contribution in [0.1, 0.15) is 85.5 Å². The number of aliphatic carboxylic acids is 1. The number of aliphatic hydroxyl groups excluding tert-OH is 4. The van der Waals surface area contributed by atoms with Crippen molar-refractivity contribution in [1.82, 2.24) is 0 Å². The minimum atomic E-state index is -3.97. The molecule has 0 aromatic rings. The van der Waals surface area contributed by atoms with Crippen molar-refractivity contribution in [3.63, 3.8) is 0 Å². The maximum atomic E-state index is 11.5. The quantitative estimate of drug-likeness (QED) is 0.273. The first-order valence-electron chi connectivity index (χ1n) is 13.9. The molecule has 216 valence electrons. The Morgan fingerprint density at radius 2 is 1.65 bits per heavy atom. The number of carboxylic acid groups (broad SMARTS) is 1. The van der Waals surface area contributed by atoms with Crippen LogP contribution in [0.25, 0.3) is 0 Å². The zero-order valence-electron chi connectivity index (χ0n) is 22.7. The third-order valence-electron chi connectivity index (χ3n) is 10.8. The van der Waals surface area contributed by atoms with Gasteiger partial charge in [-0.25, -0.2) is 0 Å². The normalized spacial score (nSPS) is 44.9. The van der Waals surface area contributed by atoms with Crippen molar-refractivity contribution >= 4 is 16.1 Å². The van der Waals surface area contributed by atoms with Crippen LogP contribution in [0.3, 0.4) is 0 Å². The topological polar surface area (TPSA) is 173 Å². The number of hydrogen-bond acceptors (Lipinski definition) is 7. The van der Waals surface area contributed by atoms with Gasteiger partial charge in [-0.15, -0.1) is 0 Å². The molecular weight excluding hydrogens is 500 g/mol. The summed E-state index contributed by atoms with van der Waals surface area (Å²) in [6.07, 6.45) is 5.00. The average Bonchev–Trinajstić information content (AvgIpc) is 3.11. The lowest BCUT2D eigenvalue weighted by Gasteiger charge is -2.63. The second kappa shape index (κ2) is 11.4. The molecule has 0 aliphatic heterocycles. The fourth-order valence-electron chi connectivity index (χ4n) is 8.99. The highest BCUT2D eigenvalue weighted by Gasteiger charge is 2.65. The first kappa shape index (κ1) is 30.8. The van der Waals surface area contributed by atoms with Gasteiger partial charge in [0, 0.05) is 6.42 Å². The van der Waals surface area contributed by atoms with Crippen LogP contribution in [0.2, 0.25) is 0 Å². The number of carbonyl (C=O) groups is 1. The number of rotatable bonds is 6. The lowest BCUT2D eigenvalue weighted by atomic mass is 9.43. The molecule has 0 radical (unpaired) electrons. The van der Waals surface area contributed by atoms with E-state index < -0.39 is 34.0 Å². The molecule has 0 aromatic heterocycles. The standard InChI is InChI=1S/C24H40O5.C3H8O4S/c1-13(4-7-21(28)29)16-5-6-17-22-18(12-20(27)24(16,17)3)23(2)9-8-15(25)10-14(23)11-19(22)26;1-3(4)2-8(5,6)7/h13-20,22,25-27H,4-12H2,1-3H3,(H,28,29);3-4H,2H2,1H3,(H,5,6,7)/t13-,14+,15-,16-,17?,18?,19-,20+,22?,23+,24-;/m1./s1. The van der Waals surface area contributed by atoms with Crippen LogP contribution in [-0.2, 0) is 14.9 Å². The van der Waals surface area contributed by atoms with E-state index in [2.05, 4.69) is 20.8 Å². The van der Waals surface area contributed by atoms with Gasteiger partial charge in [0.05, 0.1) is 24.4 Å². The molecule has 4 saturated carbocycles. The summed E-state index contributed by atoms with van der Waals surface area (Å²) in [4.78, 5) is 11.1. The predicted octanol–water partition coefficient (Wildman–Crippen LogP) is 2.70. The molecule has 0 amide bonds. The van der Waals surface area contributed by atoms with Crippen LogP contribution >= 0.6 is 0 Å². The maximum absolute atomic E-state index is 11.5. The monoisotopic (exact) mass is 548 g/mol. The summed E-state index contributed by atoms with van der Waals surface area (Å²) < 4.78 is 27.7. The van der Waals surface area contributed by atoms with Gasteiger partial charge in [0.15, 0.2) is 0 Å². The Balaban J connectivity index is 0.000000414. The molecule has 12 atom stereocenters. The molecule has 10 heteroatoms. The summed E-state index contributed by atoms with van der Waals surface area (Å²) >= 11 is 0. The molecule has 0 bridgehead atoms. The summed E-state index contributed by atoms with van der Waals surface area (Å²) in [6.45, 7) is 8.01. The van der Waals surface area contributed by atoms with Crippen molar-refractivity contribution in [2.24, 2.45) is 46.3 Å². The van der Waals surface area contributed by atoms with E-state index in [0.29, 0.717) is 30.1 Å². The third-order valence-corrected chi connectivity index (χ3v) is 11.7. The molecule has 0 heterocycles. The van der Waals surface area contributed by atoms with E-state index in [1.165, 1.54) is 6.92 Å². The summed E-state index contributed by atoms with van der Waals surface area (Å²) in [7, 11) is -3.97. The first-order valence-corrected chi connectivity index (χ1v) is 15.5. The SMILES string of the molecule is CC(O)CS(=O)(=O)O.C[C@H](CCC(=O)O)[C@H]1CCC2C3C(C[C@H](O)[C@@]21C)[C@@]1(C)CC[C@@H](O)C[C@H]1C[C@H]3O. The van der Waals surface area contributed by atoms with E-state index in [4.69, 9.17) is 14.8 Å². The Morgan fingerprint density at radius 1 is 1.00 bits per heavy atom. The molecule has 0 saturated heterocycles. The zero-order chi connectivity index (χ0) is 27.9. The van der Waals surface area contributed by atoms with Gasteiger partial charge >= 0.3 is 5.97 Å². The van der Waals surface area contributed by atoms with Gasteiger partial charge in [-0.05, 0) is 105 Å². The lowest BCUT2D eigenvalue weighted by molar-refractivity contribution is -0.207. The minimum absolute atomic E-state index is 0.0957. The Labute approximate surface area is 221 Å².